The third-order valence-corrected chi connectivity index (χ3v) is 5.68. The van der Waals surface area contributed by atoms with Crippen LogP contribution in [0, 0.1) is 13.8 Å². The van der Waals surface area contributed by atoms with Crippen molar-refractivity contribution >= 4 is 23.6 Å². The highest BCUT2D eigenvalue weighted by atomic mass is 16.6. The van der Waals surface area contributed by atoms with Gasteiger partial charge < -0.3 is 24.8 Å². The number of hydrogen-bond donors (Lipinski definition) is 2. The molecule has 0 saturated carbocycles. The average molecular weight is 455 g/mol. The van der Waals surface area contributed by atoms with Gasteiger partial charge in [-0.1, -0.05) is 18.2 Å². The highest BCUT2D eigenvalue weighted by Gasteiger charge is 2.28. The summed E-state index contributed by atoms with van der Waals surface area (Å²) in [5, 5.41) is 5.60. The Morgan fingerprint density at radius 3 is 2.27 bits per heavy atom. The van der Waals surface area contributed by atoms with Crippen molar-refractivity contribution in [1.29, 1.82) is 0 Å². The minimum Gasteiger partial charge on any atom is -0.444 e. The zero-order valence-electron chi connectivity index (χ0n) is 20.1. The molecule has 2 N–H and O–H groups in total. The summed E-state index contributed by atoms with van der Waals surface area (Å²) in [6, 6.07) is 9.48. The summed E-state index contributed by atoms with van der Waals surface area (Å²) in [6.45, 7) is 10.4. The van der Waals surface area contributed by atoms with E-state index in [2.05, 4.69) is 10.6 Å². The molecule has 1 aromatic heterocycles. The van der Waals surface area contributed by atoms with Gasteiger partial charge in [-0.05, 0) is 70.7 Å². The van der Waals surface area contributed by atoms with E-state index in [1.165, 1.54) is 0 Å². The van der Waals surface area contributed by atoms with E-state index in [-0.39, 0.29) is 30.5 Å². The van der Waals surface area contributed by atoms with Gasteiger partial charge in [-0.25, -0.2) is 4.79 Å². The number of hydrogen-bond acceptors (Lipinski definition) is 4. The lowest BCUT2D eigenvalue weighted by molar-refractivity contribution is -0.115. The summed E-state index contributed by atoms with van der Waals surface area (Å²) in [7, 11) is 0. The van der Waals surface area contributed by atoms with Crippen LogP contribution in [0.15, 0.2) is 36.5 Å². The van der Waals surface area contributed by atoms with Crippen molar-refractivity contribution in [2.75, 3.05) is 25.0 Å². The quantitative estimate of drug-likeness (QED) is 0.713. The van der Waals surface area contributed by atoms with Gasteiger partial charge in [-0.15, -0.1) is 0 Å². The minimum atomic E-state index is -0.524. The summed E-state index contributed by atoms with van der Waals surface area (Å²) in [4.78, 5) is 39.2. The molecule has 1 aromatic carbocycles. The molecule has 178 valence electrons. The lowest BCUT2D eigenvalue weighted by Crippen LogP contribution is -2.42. The molecule has 0 unspecified atom stereocenters. The zero-order chi connectivity index (χ0) is 24.2. The highest BCUT2D eigenvalue weighted by molar-refractivity contribution is 5.99. The van der Waals surface area contributed by atoms with Crippen molar-refractivity contribution in [2.45, 2.75) is 59.1 Å². The average Bonchev–Trinajstić information content (AvgIpc) is 3.24. The number of likely N-dealkylation sites (tertiary alicyclic amines) is 1. The molecular weight excluding hydrogens is 420 g/mol. The number of piperidine rings is 1. The second kappa shape index (κ2) is 10.1. The number of nitrogens with zero attached hydrogens (tertiary/aromatic N) is 2. The molecule has 0 spiro atoms. The van der Waals surface area contributed by atoms with Crippen LogP contribution in [0.2, 0.25) is 0 Å². The van der Waals surface area contributed by atoms with Gasteiger partial charge in [0.05, 0.1) is 6.54 Å². The third-order valence-electron chi connectivity index (χ3n) is 5.68. The van der Waals surface area contributed by atoms with Crippen molar-refractivity contribution in [3.05, 3.63) is 53.3 Å². The molecule has 8 nitrogen and oxygen atoms in total. The SMILES string of the molecule is Cc1cccc(C)c1NC(=O)CNC(=O)c1cccn1C1CCN(C(=O)OC(C)(C)C)CC1. The van der Waals surface area contributed by atoms with Crippen LogP contribution in [-0.2, 0) is 9.53 Å². The molecule has 1 aliphatic heterocycles. The van der Waals surface area contributed by atoms with E-state index in [4.69, 9.17) is 4.74 Å². The van der Waals surface area contributed by atoms with Crippen molar-refractivity contribution in [1.82, 2.24) is 14.8 Å². The van der Waals surface area contributed by atoms with Gasteiger partial charge in [-0.3, -0.25) is 9.59 Å². The fourth-order valence-corrected chi connectivity index (χ4v) is 4.00. The molecule has 2 heterocycles. The number of carbonyl (C=O) groups excluding carboxylic acids is 3. The highest BCUT2D eigenvalue weighted by Crippen LogP contribution is 2.26. The van der Waals surface area contributed by atoms with Crippen LogP contribution in [-0.4, -0.2) is 52.6 Å². The molecule has 0 bridgehead atoms. The molecule has 1 fully saturated rings. The number of ether oxygens (including phenoxy) is 1. The summed E-state index contributed by atoms with van der Waals surface area (Å²) in [5.41, 5.74) is 2.70. The molecule has 0 radical (unpaired) electrons. The van der Waals surface area contributed by atoms with Crippen LogP contribution in [0.3, 0.4) is 0 Å². The first-order chi connectivity index (χ1) is 15.5. The predicted octanol–water partition coefficient (Wildman–Crippen LogP) is 4.05. The van der Waals surface area contributed by atoms with E-state index < -0.39 is 5.60 Å². The number of aryl methyl sites for hydroxylation is 2. The minimum absolute atomic E-state index is 0.0999. The van der Waals surface area contributed by atoms with Gasteiger partial charge >= 0.3 is 6.09 Å². The maximum Gasteiger partial charge on any atom is 0.410 e. The van der Waals surface area contributed by atoms with Crippen molar-refractivity contribution in [2.24, 2.45) is 0 Å². The maximum atomic E-state index is 12.8. The van der Waals surface area contributed by atoms with Crippen LogP contribution < -0.4 is 10.6 Å². The molecule has 1 aliphatic rings. The summed E-state index contributed by atoms with van der Waals surface area (Å²) in [5.74, 6) is -0.573. The molecule has 3 amide bonds. The molecule has 3 rings (SSSR count). The van der Waals surface area contributed by atoms with Crippen molar-refractivity contribution in [3.63, 3.8) is 0 Å². The summed E-state index contributed by atoms with van der Waals surface area (Å²) < 4.78 is 7.39. The van der Waals surface area contributed by atoms with Gasteiger partial charge in [0, 0.05) is 31.0 Å². The van der Waals surface area contributed by atoms with E-state index in [1.54, 1.807) is 11.0 Å². The van der Waals surface area contributed by atoms with E-state index in [1.807, 2.05) is 69.6 Å². The Bertz CT molecular complexity index is 993. The molecular formula is C25H34N4O4. The standard InChI is InChI=1S/C25H34N4O4/c1-17-8-6-9-18(2)22(17)27-21(30)16-26-23(31)20-10-7-13-29(20)19-11-14-28(15-12-19)24(32)33-25(3,4)5/h6-10,13,19H,11-12,14-16H2,1-5H3,(H,26,31)(H,27,30). The molecule has 33 heavy (non-hydrogen) atoms. The largest absolute Gasteiger partial charge is 0.444 e. The number of anilines is 1. The Hall–Kier alpha value is -3.29. The van der Waals surface area contributed by atoms with Crippen molar-refractivity contribution < 1.29 is 19.1 Å². The molecule has 2 aromatic rings. The Kier molecular flexibility index (Phi) is 7.46. The fourth-order valence-electron chi connectivity index (χ4n) is 4.00. The smallest absolute Gasteiger partial charge is 0.410 e. The van der Waals surface area contributed by atoms with Crippen LogP contribution >= 0.6 is 0 Å². The molecule has 1 saturated heterocycles. The maximum absolute atomic E-state index is 12.8. The van der Waals surface area contributed by atoms with Gasteiger partial charge in [0.15, 0.2) is 0 Å². The van der Waals surface area contributed by atoms with E-state index in [0.29, 0.717) is 18.8 Å². The summed E-state index contributed by atoms with van der Waals surface area (Å²) >= 11 is 0. The lowest BCUT2D eigenvalue weighted by Gasteiger charge is -2.34. The monoisotopic (exact) mass is 454 g/mol. The van der Waals surface area contributed by atoms with Crippen LogP contribution in [0.4, 0.5) is 10.5 Å². The van der Waals surface area contributed by atoms with Crippen LogP contribution in [0.5, 0.6) is 0 Å². The van der Waals surface area contributed by atoms with Gasteiger partial charge in [-0.2, -0.15) is 0 Å². The molecule has 0 atom stereocenters. The lowest BCUT2D eigenvalue weighted by atomic mass is 10.0. The van der Waals surface area contributed by atoms with Crippen molar-refractivity contribution in [3.8, 4) is 0 Å². The summed E-state index contributed by atoms with van der Waals surface area (Å²) in [6.07, 6.45) is 3.02. The van der Waals surface area contributed by atoms with E-state index in [0.717, 1.165) is 29.7 Å². The van der Waals surface area contributed by atoms with Crippen LogP contribution in [0.25, 0.3) is 0 Å². The first-order valence-electron chi connectivity index (χ1n) is 11.3. The number of aromatic nitrogens is 1. The number of carbonyl (C=O) groups is 3. The normalized spacial score (nSPS) is 14.6. The Morgan fingerprint density at radius 1 is 1.03 bits per heavy atom. The Balaban J connectivity index is 1.54. The van der Waals surface area contributed by atoms with Gasteiger partial charge in [0.1, 0.15) is 11.3 Å². The third kappa shape index (κ3) is 6.37. The fraction of sp³-hybridized carbons (Fsp3) is 0.480. The topological polar surface area (TPSA) is 92.7 Å². The predicted molar refractivity (Wildman–Crippen MR) is 127 cm³/mol. The number of nitrogens with one attached hydrogen (secondary N) is 2. The molecule has 8 heteroatoms. The molecule has 0 aliphatic carbocycles. The number of para-hydroxylation sites is 1. The first-order valence-corrected chi connectivity index (χ1v) is 11.3. The zero-order valence-corrected chi connectivity index (χ0v) is 20.1. The van der Waals surface area contributed by atoms with Gasteiger partial charge in [0.25, 0.3) is 5.91 Å². The number of benzene rings is 1. The van der Waals surface area contributed by atoms with Crippen LogP contribution in [0.1, 0.15) is 61.3 Å². The Morgan fingerprint density at radius 2 is 1.67 bits per heavy atom. The Labute approximate surface area is 195 Å². The number of amides is 3. The second-order valence-corrected chi connectivity index (χ2v) is 9.50. The number of rotatable bonds is 5. The van der Waals surface area contributed by atoms with Gasteiger partial charge in [0.2, 0.25) is 5.91 Å². The first kappa shape index (κ1) is 24.4. The van der Waals surface area contributed by atoms with E-state index >= 15 is 0 Å². The second-order valence-electron chi connectivity index (χ2n) is 9.50. The van der Waals surface area contributed by atoms with E-state index in [9.17, 15) is 14.4 Å².